The molecule has 0 unspecified atom stereocenters. The van der Waals surface area contributed by atoms with E-state index in [2.05, 4.69) is 5.32 Å². The smallest absolute Gasteiger partial charge is 0.267 e. The van der Waals surface area contributed by atoms with Crippen molar-refractivity contribution in [3.8, 4) is 0 Å². The average Bonchev–Trinajstić information content (AvgIpc) is 3.10. The number of fused-ring (bicyclic) bond motifs is 1. The molecule has 0 spiro atoms. The number of thioether (sulfide) groups is 1. The minimum atomic E-state index is -0.242. The Morgan fingerprint density at radius 1 is 1.17 bits per heavy atom. The summed E-state index contributed by atoms with van der Waals surface area (Å²) < 4.78 is 7.60. The van der Waals surface area contributed by atoms with Crippen LogP contribution in [0.3, 0.4) is 0 Å². The van der Waals surface area contributed by atoms with Crippen LogP contribution in [-0.4, -0.2) is 43.8 Å². The Morgan fingerprint density at radius 2 is 1.92 bits per heavy atom. The molecule has 1 amide bonds. The lowest BCUT2D eigenvalue weighted by Crippen LogP contribution is -2.27. The maximum Gasteiger partial charge on any atom is 0.267 e. The molecule has 0 aliphatic carbocycles. The van der Waals surface area contributed by atoms with E-state index in [1.54, 1.807) is 17.2 Å². The van der Waals surface area contributed by atoms with Gasteiger partial charge in [0.05, 0.1) is 23.1 Å². The second kappa shape index (κ2) is 11.4. The fourth-order valence-electron chi connectivity index (χ4n) is 3.82. The number of hydrogen-bond acceptors (Lipinski definition) is 7. The van der Waals surface area contributed by atoms with Gasteiger partial charge in [0.15, 0.2) is 0 Å². The van der Waals surface area contributed by atoms with E-state index in [9.17, 15) is 9.59 Å². The summed E-state index contributed by atoms with van der Waals surface area (Å²) in [4.78, 5) is 33.5. The van der Waals surface area contributed by atoms with Crippen molar-refractivity contribution in [3.05, 3.63) is 80.1 Å². The molecule has 1 saturated heterocycles. The number of rotatable bonds is 9. The van der Waals surface area contributed by atoms with Gasteiger partial charge in [-0.05, 0) is 57.4 Å². The van der Waals surface area contributed by atoms with Gasteiger partial charge >= 0.3 is 0 Å². The number of benzene rings is 1. The van der Waals surface area contributed by atoms with E-state index in [0.717, 1.165) is 23.1 Å². The minimum Gasteiger partial charge on any atom is -0.379 e. The van der Waals surface area contributed by atoms with Gasteiger partial charge in [-0.3, -0.25) is 18.9 Å². The van der Waals surface area contributed by atoms with E-state index < -0.39 is 0 Å². The zero-order chi connectivity index (χ0) is 25.8. The second-order valence-electron chi connectivity index (χ2n) is 9.02. The molecule has 1 aliphatic heterocycles. The number of nitrogens with one attached hydrogen (secondary N) is 1. The number of thiocarbonyl (C=S) groups is 1. The maximum atomic E-state index is 13.5. The van der Waals surface area contributed by atoms with Crippen LogP contribution in [0, 0.1) is 13.8 Å². The Bertz CT molecular complexity index is 1380. The average molecular weight is 523 g/mol. The Hall–Kier alpha value is -3.01. The number of ether oxygens (including phenoxy) is 1. The van der Waals surface area contributed by atoms with Gasteiger partial charge in [-0.15, -0.1) is 0 Å². The summed E-state index contributed by atoms with van der Waals surface area (Å²) in [5.74, 6) is 0.234. The van der Waals surface area contributed by atoms with Crippen LogP contribution in [0.5, 0.6) is 0 Å². The van der Waals surface area contributed by atoms with E-state index >= 15 is 0 Å². The largest absolute Gasteiger partial charge is 0.379 e. The van der Waals surface area contributed by atoms with Crippen molar-refractivity contribution in [2.24, 2.45) is 0 Å². The van der Waals surface area contributed by atoms with Gasteiger partial charge < -0.3 is 10.1 Å². The number of carbonyl (C=O) groups is 1. The van der Waals surface area contributed by atoms with Crippen LogP contribution in [0.25, 0.3) is 11.7 Å². The van der Waals surface area contributed by atoms with Crippen molar-refractivity contribution in [3.63, 3.8) is 0 Å². The monoisotopic (exact) mass is 522 g/mol. The fraction of sp³-hybridized carbons (Fsp3) is 0.333. The van der Waals surface area contributed by atoms with E-state index in [1.807, 2.05) is 64.1 Å². The number of aryl methyl sites for hydroxylation is 2. The summed E-state index contributed by atoms with van der Waals surface area (Å²) in [7, 11) is 0. The van der Waals surface area contributed by atoms with Gasteiger partial charge in [-0.1, -0.05) is 59.9 Å². The predicted octanol–water partition coefficient (Wildman–Crippen LogP) is 4.94. The summed E-state index contributed by atoms with van der Waals surface area (Å²) >= 11 is 6.72. The molecule has 9 heteroatoms. The van der Waals surface area contributed by atoms with E-state index in [-0.39, 0.29) is 17.6 Å². The van der Waals surface area contributed by atoms with Crippen molar-refractivity contribution in [2.75, 3.05) is 18.5 Å². The van der Waals surface area contributed by atoms with Crippen molar-refractivity contribution in [1.82, 2.24) is 14.3 Å². The van der Waals surface area contributed by atoms with Gasteiger partial charge in [0.2, 0.25) is 0 Å². The molecule has 2 aromatic heterocycles. The van der Waals surface area contributed by atoms with Crippen molar-refractivity contribution in [1.29, 1.82) is 0 Å². The normalized spacial score (nSPS) is 15.0. The topological polar surface area (TPSA) is 75.9 Å². The standard InChI is InChI=1S/C27H30N4O3S2/c1-17(2)34-14-6-12-28-23-21(25(32)30-13-5-7-19(4)24(30)29-23)15-22-26(33)31(27(35)36-22)16-20-10-8-18(3)9-11-20/h5,7-11,13,15,17,28H,6,12,14,16H2,1-4H3. The summed E-state index contributed by atoms with van der Waals surface area (Å²) in [6.45, 7) is 9.49. The Kier molecular flexibility index (Phi) is 8.23. The first-order valence-corrected chi connectivity index (χ1v) is 13.2. The number of pyridine rings is 1. The number of nitrogens with zero attached hydrogens (tertiary/aromatic N) is 3. The lowest BCUT2D eigenvalue weighted by Gasteiger charge is -2.15. The summed E-state index contributed by atoms with van der Waals surface area (Å²) in [5, 5.41) is 3.29. The van der Waals surface area contributed by atoms with Gasteiger partial charge in [0, 0.05) is 19.3 Å². The lowest BCUT2D eigenvalue weighted by atomic mass is 10.1. The summed E-state index contributed by atoms with van der Waals surface area (Å²) in [6.07, 6.45) is 4.22. The third kappa shape index (κ3) is 5.86. The highest BCUT2D eigenvalue weighted by Gasteiger charge is 2.32. The minimum absolute atomic E-state index is 0.161. The number of amides is 1. The van der Waals surface area contributed by atoms with Crippen LogP contribution in [0.4, 0.5) is 5.82 Å². The SMILES string of the molecule is Cc1ccc(CN2C(=O)C(=Cc3c(NCCCOC(C)C)nc4c(C)cccn4c3=O)SC2=S)cc1. The van der Waals surface area contributed by atoms with Crippen LogP contribution < -0.4 is 10.9 Å². The van der Waals surface area contributed by atoms with Crippen LogP contribution in [0.2, 0.25) is 0 Å². The third-order valence-electron chi connectivity index (χ3n) is 5.76. The lowest BCUT2D eigenvalue weighted by molar-refractivity contribution is -0.122. The molecular formula is C27H30N4O3S2. The molecule has 0 radical (unpaired) electrons. The molecule has 1 aromatic carbocycles. The quantitative estimate of drug-likeness (QED) is 0.242. The molecule has 4 rings (SSSR count). The molecule has 188 valence electrons. The van der Waals surface area contributed by atoms with Gasteiger partial charge in [0.25, 0.3) is 11.5 Å². The number of carbonyl (C=O) groups excluding carboxylic acids is 1. The molecule has 1 fully saturated rings. The summed E-state index contributed by atoms with van der Waals surface area (Å²) in [6, 6.07) is 11.7. The molecule has 3 heterocycles. The second-order valence-corrected chi connectivity index (χ2v) is 10.7. The number of anilines is 1. The first kappa shape index (κ1) is 26.1. The highest BCUT2D eigenvalue weighted by atomic mass is 32.2. The number of hydrogen-bond donors (Lipinski definition) is 1. The first-order valence-electron chi connectivity index (χ1n) is 11.9. The van der Waals surface area contributed by atoms with Gasteiger partial charge in [0.1, 0.15) is 15.8 Å². The Morgan fingerprint density at radius 3 is 2.64 bits per heavy atom. The Labute approximate surface area is 220 Å². The van der Waals surface area contributed by atoms with Crippen LogP contribution in [0.1, 0.15) is 42.5 Å². The molecular weight excluding hydrogens is 492 g/mol. The van der Waals surface area contributed by atoms with E-state index in [0.29, 0.717) is 46.0 Å². The number of aromatic nitrogens is 2. The highest BCUT2D eigenvalue weighted by molar-refractivity contribution is 8.26. The van der Waals surface area contributed by atoms with Crippen LogP contribution in [0.15, 0.2) is 52.3 Å². The first-order chi connectivity index (χ1) is 17.2. The highest BCUT2D eigenvalue weighted by Crippen LogP contribution is 2.34. The molecule has 0 atom stereocenters. The maximum absolute atomic E-state index is 13.5. The van der Waals surface area contributed by atoms with Crippen molar-refractivity contribution < 1.29 is 9.53 Å². The molecule has 0 bridgehead atoms. The Balaban J connectivity index is 1.65. The predicted molar refractivity (Wildman–Crippen MR) is 150 cm³/mol. The van der Waals surface area contributed by atoms with Crippen molar-refractivity contribution in [2.45, 2.75) is 46.8 Å². The zero-order valence-electron chi connectivity index (χ0n) is 20.9. The van der Waals surface area contributed by atoms with Crippen LogP contribution in [-0.2, 0) is 16.1 Å². The van der Waals surface area contributed by atoms with Gasteiger partial charge in [-0.25, -0.2) is 4.98 Å². The molecule has 3 aromatic rings. The third-order valence-corrected chi connectivity index (χ3v) is 7.14. The molecule has 1 aliphatic rings. The molecule has 36 heavy (non-hydrogen) atoms. The van der Waals surface area contributed by atoms with E-state index in [4.69, 9.17) is 21.9 Å². The molecule has 7 nitrogen and oxygen atoms in total. The molecule has 0 saturated carbocycles. The summed E-state index contributed by atoms with van der Waals surface area (Å²) in [5.41, 5.74) is 3.70. The zero-order valence-corrected chi connectivity index (χ0v) is 22.5. The molecule has 1 N–H and O–H groups in total. The van der Waals surface area contributed by atoms with Crippen LogP contribution >= 0.6 is 24.0 Å². The van der Waals surface area contributed by atoms with E-state index in [1.165, 1.54) is 16.2 Å². The fourth-order valence-corrected chi connectivity index (χ4v) is 5.05. The van der Waals surface area contributed by atoms with Crippen molar-refractivity contribution >= 4 is 51.7 Å². The van der Waals surface area contributed by atoms with Gasteiger partial charge in [-0.2, -0.15) is 0 Å².